The largest absolute Gasteiger partial charge is 0.497 e. The number of carbonyl (C=O) groups excluding carboxylic acids is 1. The SMILES string of the molecule is COc1cccc(N(C)CC2CCCCC2=O)c1. The molecule has 18 heavy (non-hydrogen) atoms. The van der Waals surface area contributed by atoms with Crippen LogP contribution in [0.3, 0.4) is 0 Å². The number of nitrogens with zero attached hydrogens (tertiary/aromatic N) is 1. The van der Waals surface area contributed by atoms with Gasteiger partial charge in [-0.1, -0.05) is 12.5 Å². The summed E-state index contributed by atoms with van der Waals surface area (Å²) in [7, 11) is 3.71. The van der Waals surface area contributed by atoms with Crippen LogP contribution in [0, 0.1) is 5.92 Å². The lowest BCUT2D eigenvalue weighted by atomic mass is 9.87. The van der Waals surface area contributed by atoms with Gasteiger partial charge in [-0.2, -0.15) is 0 Å². The number of anilines is 1. The second-order valence-corrected chi connectivity index (χ2v) is 4.99. The smallest absolute Gasteiger partial charge is 0.137 e. The highest BCUT2D eigenvalue weighted by Gasteiger charge is 2.23. The van der Waals surface area contributed by atoms with Crippen molar-refractivity contribution in [1.82, 2.24) is 0 Å². The standard InChI is InChI=1S/C15H21NO2/c1-16(11-12-6-3-4-9-15(12)17)13-7-5-8-14(10-13)18-2/h5,7-8,10,12H,3-4,6,9,11H2,1-2H3. The number of methoxy groups -OCH3 is 1. The third-order valence-corrected chi connectivity index (χ3v) is 3.67. The summed E-state index contributed by atoms with van der Waals surface area (Å²) in [6, 6.07) is 7.97. The Bertz CT molecular complexity index is 417. The molecule has 0 saturated heterocycles. The second-order valence-electron chi connectivity index (χ2n) is 4.99. The van der Waals surface area contributed by atoms with E-state index >= 15 is 0 Å². The molecule has 1 aliphatic rings. The fourth-order valence-electron chi connectivity index (χ4n) is 2.53. The molecule has 1 aromatic carbocycles. The topological polar surface area (TPSA) is 29.5 Å². The van der Waals surface area contributed by atoms with Gasteiger partial charge in [-0.15, -0.1) is 0 Å². The van der Waals surface area contributed by atoms with Crippen molar-refractivity contribution in [3.63, 3.8) is 0 Å². The Morgan fingerprint density at radius 2 is 2.22 bits per heavy atom. The Balaban J connectivity index is 2.01. The van der Waals surface area contributed by atoms with Crippen molar-refractivity contribution in [3.8, 4) is 5.75 Å². The van der Waals surface area contributed by atoms with E-state index in [2.05, 4.69) is 11.0 Å². The molecule has 0 spiro atoms. The Morgan fingerprint density at radius 1 is 1.39 bits per heavy atom. The first kappa shape index (κ1) is 12.9. The lowest BCUT2D eigenvalue weighted by Crippen LogP contribution is -2.32. The van der Waals surface area contributed by atoms with Crippen LogP contribution in [-0.2, 0) is 4.79 Å². The molecule has 1 aromatic rings. The zero-order valence-electron chi connectivity index (χ0n) is 11.2. The van der Waals surface area contributed by atoms with Crippen LogP contribution in [0.4, 0.5) is 5.69 Å². The number of ether oxygens (including phenoxy) is 1. The van der Waals surface area contributed by atoms with Crippen molar-refractivity contribution < 1.29 is 9.53 Å². The second kappa shape index (κ2) is 5.89. The van der Waals surface area contributed by atoms with E-state index in [1.165, 1.54) is 6.42 Å². The van der Waals surface area contributed by atoms with Gasteiger partial charge in [-0.05, 0) is 25.0 Å². The predicted octanol–water partition coefficient (Wildman–Crippen LogP) is 2.89. The molecule has 0 amide bonds. The van der Waals surface area contributed by atoms with Gasteiger partial charge in [0.2, 0.25) is 0 Å². The molecule has 0 aliphatic heterocycles. The number of hydrogen-bond acceptors (Lipinski definition) is 3. The van der Waals surface area contributed by atoms with Gasteiger partial charge < -0.3 is 9.64 Å². The fraction of sp³-hybridized carbons (Fsp3) is 0.533. The fourth-order valence-corrected chi connectivity index (χ4v) is 2.53. The first-order chi connectivity index (χ1) is 8.70. The maximum Gasteiger partial charge on any atom is 0.137 e. The minimum atomic E-state index is 0.204. The molecule has 1 unspecified atom stereocenters. The Kier molecular flexibility index (Phi) is 4.24. The van der Waals surface area contributed by atoms with Crippen LogP contribution in [0.5, 0.6) is 5.75 Å². The normalized spacial score (nSPS) is 19.7. The molecular weight excluding hydrogens is 226 g/mol. The highest BCUT2D eigenvalue weighted by Crippen LogP contribution is 2.25. The molecule has 1 atom stereocenters. The van der Waals surface area contributed by atoms with Crippen molar-refractivity contribution in [2.24, 2.45) is 5.92 Å². The van der Waals surface area contributed by atoms with Crippen LogP contribution >= 0.6 is 0 Å². The molecule has 0 radical (unpaired) electrons. The number of Topliss-reactive ketones (excluding diaryl/α,β-unsaturated/α-hetero) is 1. The van der Waals surface area contributed by atoms with Crippen LogP contribution in [-0.4, -0.2) is 26.5 Å². The van der Waals surface area contributed by atoms with Crippen LogP contribution < -0.4 is 9.64 Å². The molecule has 1 aliphatic carbocycles. The molecule has 3 nitrogen and oxygen atoms in total. The zero-order valence-corrected chi connectivity index (χ0v) is 11.2. The van der Waals surface area contributed by atoms with Gasteiger partial charge >= 0.3 is 0 Å². The number of benzene rings is 1. The summed E-state index contributed by atoms with van der Waals surface area (Å²) in [6.45, 7) is 0.812. The number of rotatable bonds is 4. The van der Waals surface area contributed by atoms with Gasteiger partial charge in [0.05, 0.1) is 7.11 Å². The van der Waals surface area contributed by atoms with Crippen LogP contribution in [0.2, 0.25) is 0 Å². The first-order valence-corrected chi connectivity index (χ1v) is 6.58. The van der Waals surface area contributed by atoms with Gasteiger partial charge in [0.25, 0.3) is 0 Å². The molecule has 0 N–H and O–H groups in total. The summed E-state index contributed by atoms with van der Waals surface area (Å²) in [5.74, 6) is 1.49. The van der Waals surface area contributed by atoms with Crippen LogP contribution in [0.25, 0.3) is 0 Å². The van der Waals surface area contributed by atoms with Crippen LogP contribution in [0.1, 0.15) is 25.7 Å². The summed E-state index contributed by atoms with van der Waals surface area (Å²) < 4.78 is 5.22. The minimum absolute atomic E-state index is 0.204. The van der Waals surface area contributed by atoms with Crippen molar-refractivity contribution in [2.75, 3.05) is 25.6 Å². The van der Waals surface area contributed by atoms with Gasteiger partial charge in [0.1, 0.15) is 11.5 Å². The van der Waals surface area contributed by atoms with Gasteiger partial charge in [0.15, 0.2) is 0 Å². The molecule has 2 rings (SSSR count). The van der Waals surface area contributed by atoms with Gasteiger partial charge in [-0.3, -0.25) is 4.79 Å². The van der Waals surface area contributed by atoms with E-state index in [1.54, 1.807) is 7.11 Å². The molecule has 1 saturated carbocycles. The summed E-state index contributed by atoms with van der Waals surface area (Å²) in [5.41, 5.74) is 1.10. The van der Waals surface area contributed by atoms with Gasteiger partial charge in [0, 0.05) is 37.7 Å². The van der Waals surface area contributed by atoms with E-state index in [-0.39, 0.29) is 5.92 Å². The molecule has 0 heterocycles. The number of carbonyl (C=O) groups is 1. The molecular formula is C15H21NO2. The molecule has 0 bridgehead atoms. The Labute approximate surface area is 109 Å². The monoisotopic (exact) mass is 247 g/mol. The lowest BCUT2D eigenvalue weighted by Gasteiger charge is -2.27. The van der Waals surface area contributed by atoms with E-state index < -0.39 is 0 Å². The van der Waals surface area contributed by atoms with E-state index in [0.29, 0.717) is 5.78 Å². The van der Waals surface area contributed by atoms with Crippen molar-refractivity contribution >= 4 is 11.5 Å². The maximum atomic E-state index is 11.8. The predicted molar refractivity (Wildman–Crippen MR) is 73.2 cm³/mol. The van der Waals surface area contributed by atoms with E-state index in [1.807, 2.05) is 25.2 Å². The highest BCUT2D eigenvalue weighted by molar-refractivity contribution is 5.82. The van der Waals surface area contributed by atoms with Crippen molar-refractivity contribution in [1.29, 1.82) is 0 Å². The lowest BCUT2D eigenvalue weighted by molar-refractivity contribution is -0.124. The van der Waals surface area contributed by atoms with Crippen molar-refractivity contribution in [3.05, 3.63) is 24.3 Å². The highest BCUT2D eigenvalue weighted by atomic mass is 16.5. The molecule has 3 heteroatoms. The average Bonchev–Trinajstić information content (AvgIpc) is 2.41. The molecule has 0 aromatic heterocycles. The zero-order chi connectivity index (χ0) is 13.0. The molecule has 1 fully saturated rings. The average molecular weight is 247 g/mol. The number of ketones is 1. The third kappa shape index (κ3) is 3.03. The van der Waals surface area contributed by atoms with E-state index in [4.69, 9.17) is 4.74 Å². The van der Waals surface area contributed by atoms with Crippen molar-refractivity contribution in [2.45, 2.75) is 25.7 Å². The maximum absolute atomic E-state index is 11.8. The molecule has 98 valence electrons. The van der Waals surface area contributed by atoms with E-state index in [0.717, 1.165) is 37.2 Å². The first-order valence-electron chi connectivity index (χ1n) is 6.58. The third-order valence-electron chi connectivity index (χ3n) is 3.67. The minimum Gasteiger partial charge on any atom is -0.497 e. The number of hydrogen-bond donors (Lipinski definition) is 0. The summed E-state index contributed by atoms with van der Waals surface area (Å²) in [4.78, 5) is 14.0. The summed E-state index contributed by atoms with van der Waals surface area (Å²) >= 11 is 0. The quantitative estimate of drug-likeness (QED) is 0.819. The van der Waals surface area contributed by atoms with Crippen LogP contribution in [0.15, 0.2) is 24.3 Å². The Morgan fingerprint density at radius 3 is 2.94 bits per heavy atom. The van der Waals surface area contributed by atoms with E-state index in [9.17, 15) is 4.79 Å². The summed E-state index contributed by atoms with van der Waals surface area (Å²) in [5, 5.41) is 0. The van der Waals surface area contributed by atoms with Gasteiger partial charge in [-0.25, -0.2) is 0 Å². The Hall–Kier alpha value is -1.51. The summed E-state index contributed by atoms with van der Waals surface area (Å²) in [6.07, 6.45) is 4.05.